The molecule has 0 saturated carbocycles. The van der Waals surface area contributed by atoms with Crippen LogP contribution in [0.2, 0.25) is 0 Å². The highest BCUT2D eigenvalue weighted by Crippen LogP contribution is 2.47. The van der Waals surface area contributed by atoms with E-state index in [2.05, 4.69) is 97.1 Å². The van der Waals surface area contributed by atoms with Crippen molar-refractivity contribution in [3.8, 4) is 22.3 Å². The van der Waals surface area contributed by atoms with Gasteiger partial charge in [-0.1, -0.05) is 97.1 Å². The van der Waals surface area contributed by atoms with Gasteiger partial charge in [0.2, 0.25) is 0 Å². The number of thiophene rings is 1. The fourth-order valence-corrected chi connectivity index (χ4v) is 5.63. The second-order valence-corrected chi connectivity index (χ2v) is 8.63. The smallest absolute Gasteiger partial charge is 0.0597 e. The highest BCUT2D eigenvalue weighted by atomic mass is 32.1. The van der Waals surface area contributed by atoms with E-state index >= 15 is 0 Å². The topological polar surface area (TPSA) is 26.0 Å². The monoisotopic (exact) mass is 401 g/mol. The predicted octanol–water partition coefficient (Wildman–Crippen LogP) is 8.12. The minimum absolute atomic E-state index is 0.873. The fraction of sp³-hybridized carbons (Fsp3) is 0. The van der Waals surface area contributed by atoms with Crippen LogP contribution in [0.3, 0.4) is 0 Å². The number of hydrogen-bond acceptors (Lipinski definition) is 2. The van der Waals surface area contributed by atoms with Crippen LogP contribution >= 0.6 is 11.3 Å². The van der Waals surface area contributed by atoms with Gasteiger partial charge in [0.25, 0.3) is 0 Å². The lowest BCUT2D eigenvalue weighted by molar-refractivity contribution is 1.61. The Labute approximate surface area is 179 Å². The molecule has 1 heterocycles. The molecule has 2 N–H and O–H groups in total. The quantitative estimate of drug-likeness (QED) is 0.291. The first-order chi connectivity index (χ1) is 14.8. The summed E-state index contributed by atoms with van der Waals surface area (Å²) in [6, 6.07) is 36.5. The van der Waals surface area contributed by atoms with Crippen molar-refractivity contribution in [3.05, 3.63) is 103 Å². The van der Waals surface area contributed by atoms with Crippen LogP contribution in [0.4, 0.5) is 5.69 Å². The molecule has 0 atom stereocenters. The lowest BCUT2D eigenvalue weighted by atomic mass is 9.92. The van der Waals surface area contributed by atoms with E-state index in [4.69, 9.17) is 5.73 Å². The van der Waals surface area contributed by atoms with E-state index in [-0.39, 0.29) is 0 Å². The molecule has 5 aromatic carbocycles. The molecule has 6 aromatic rings. The van der Waals surface area contributed by atoms with Crippen LogP contribution in [0.5, 0.6) is 0 Å². The van der Waals surface area contributed by atoms with Crippen molar-refractivity contribution in [2.45, 2.75) is 0 Å². The Morgan fingerprint density at radius 1 is 0.500 bits per heavy atom. The number of fused-ring (bicyclic) bond motifs is 5. The number of hydrogen-bond donors (Lipinski definition) is 1. The largest absolute Gasteiger partial charge is 0.397 e. The zero-order chi connectivity index (χ0) is 20.1. The number of nitrogen functional groups attached to an aromatic ring is 1. The number of rotatable bonds is 2. The Kier molecular flexibility index (Phi) is 3.87. The first-order valence-electron chi connectivity index (χ1n) is 10.1. The van der Waals surface area contributed by atoms with Crippen LogP contribution in [0.1, 0.15) is 0 Å². The van der Waals surface area contributed by atoms with Crippen molar-refractivity contribution in [2.24, 2.45) is 0 Å². The van der Waals surface area contributed by atoms with Crippen molar-refractivity contribution < 1.29 is 0 Å². The maximum absolute atomic E-state index is 6.84. The maximum Gasteiger partial charge on any atom is 0.0597 e. The summed E-state index contributed by atoms with van der Waals surface area (Å²) in [5.74, 6) is 0. The number of anilines is 1. The van der Waals surface area contributed by atoms with E-state index in [0.717, 1.165) is 16.8 Å². The Morgan fingerprint density at radius 3 is 1.83 bits per heavy atom. The molecular weight excluding hydrogens is 382 g/mol. The zero-order valence-electron chi connectivity index (χ0n) is 16.3. The van der Waals surface area contributed by atoms with Gasteiger partial charge in [-0.2, -0.15) is 0 Å². The van der Waals surface area contributed by atoms with Crippen molar-refractivity contribution in [3.63, 3.8) is 0 Å². The summed E-state index contributed by atoms with van der Waals surface area (Å²) in [6.45, 7) is 0. The average molecular weight is 402 g/mol. The molecule has 1 aromatic heterocycles. The van der Waals surface area contributed by atoms with Crippen molar-refractivity contribution in [1.82, 2.24) is 0 Å². The van der Waals surface area contributed by atoms with Gasteiger partial charge in [0, 0.05) is 21.0 Å². The molecule has 30 heavy (non-hydrogen) atoms. The van der Waals surface area contributed by atoms with Crippen LogP contribution in [-0.4, -0.2) is 0 Å². The standard InChI is InChI=1S/C28H19NS/c29-27-25(20-16-14-19(15-17-20)18-8-2-1-3-9-18)21-10-4-5-11-22(21)26-23-12-6-7-13-24(23)30-28(26)27/h1-17H,29H2. The van der Waals surface area contributed by atoms with Crippen molar-refractivity contribution in [1.29, 1.82) is 0 Å². The van der Waals surface area contributed by atoms with E-state index in [9.17, 15) is 0 Å². The normalized spacial score (nSPS) is 11.5. The average Bonchev–Trinajstić information content (AvgIpc) is 3.21. The van der Waals surface area contributed by atoms with Crippen LogP contribution in [0.15, 0.2) is 103 Å². The summed E-state index contributed by atoms with van der Waals surface area (Å²) in [5, 5.41) is 5.03. The van der Waals surface area contributed by atoms with E-state index in [0.29, 0.717) is 0 Å². The van der Waals surface area contributed by atoms with Gasteiger partial charge in [0.15, 0.2) is 0 Å². The van der Waals surface area contributed by atoms with Crippen molar-refractivity contribution >= 4 is 48.0 Å². The van der Waals surface area contributed by atoms with Crippen LogP contribution in [0.25, 0.3) is 53.2 Å². The molecule has 0 aliphatic heterocycles. The SMILES string of the molecule is Nc1c(-c2ccc(-c3ccccc3)cc2)c2ccccc2c2c1sc1ccccc12. The molecule has 0 aliphatic carbocycles. The summed E-state index contributed by atoms with van der Waals surface area (Å²) in [4.78, 5) is 0. The first-order valence-corrected chi connectivity index (χ1v) is 10.9. The first kappa shape index (κ1) is 17.3. The van der Waals surface area contributed by atoms with Gasteiger partial charge < -0.3 is 5.73 Å². The highest BCUT2D eigenvalue weighted by Gasteiger charge is 2.17. The van der Waals surface area contributed by atoms with Crippen LogP contribution in [-0.2, 0) is 0 Å². The predicted molar refractivity (Wildman–Crippen MR) is 132 cm³/mol. The van der Waals surface area contributed by atoms with Crippen LogP contribution < -0.4 is 5.73 Å². The lowest BCUT2D eigenvalue weighted by Gasteiger charge is -2.13. The maximum atomic E-state index is 6.84. The molecule has 0 fully saturated rings. The van der Waals surface area contributed by atoms with Gasteiger partial charge in [-0.3, -0.25) is 0 Å². The van der Waals surface area contributed by atoms with Crippen LogP contribution in [0, 0.1) is 0 Å². The summed E-state index contributed by atoms with van der Waals surface area (Å²) in [7, 11) is 0. The highest BCUT2D eigenvalue weighted by molar-refractivity contribution is 7.26. The zero-order valence-corrected chi connectivity index (χ0v) is 17.1. The molecule has 0 bridgehead atoms. The van der Waals surface area contributed by atoms with Gasteiger partial charge >= 0.3 is 0 Å². The molecule has 6 rings (SSSR count). The summed E-state index contributed by atoms with van der Waals surface area (Å²) in [5.41, 5.74) is 12.4. The summed E-state index contributed by atoms with van der Waals surface area (Å²) >= 11 is 1.79. The third-order valence-electron chi connectivity index (χ3n) is 5.86. The van der Waals surface area contributed by atoms with E-state index in [1.807, 2.05) is 6.07 Å². The molecule has 1 nitrogen and oxygen atoms in total. The minimum atomic E-state index is 0.873. The van der Waals surface area contributed by atoms with E-state index < -0.39 is 0 Å². The Morgan fingerprint density at radius 2 is 1.07 bits per heavy atom. The van der Waals surface area contributed by atoms with E-state index in [1.165, 1.54) is 42.1 Å². The second-order valence-electron chi connectivity index (χ2n) is 7.58. The van der Waals surface area contributed by atoms with Gasteiger partial charge in [-0.05, 0) is 33.5 Å². The number of nitrogens with two attached hydrogens (primary N) is 1. The van der Waals surface area contributed by atoms with Crippen molar-refractivity contribution in [2.75, 3.05) is 5.73 Å². The molecule has 0 aliphatic rings. The molecule has 2 heteroatoms. The molecule has 0 unspecified atom stereocenters. The Hall–Kier alpha value is -3.62. The minimum Gasteiger partial charge on any atom is -0.397 e. The molecule has 0 amide bonds. The molecule has 142 valence electrons. The van der Waals surface area contributed by atoms with Gasteiger partial charge in [0.05, 0.1) is 10.4 Å². The summed E-state index contributed by atoms with van der Waals surface area (Å²) in [6.07, 6.45) is 0. The molecule has 0 radical (unpaired) electrons. The van der Waals surface area contributed by atoms with Gasteiger partial charge in [0.1, 0.15) is 0 Å². The third kappa shape index (κ3) is 2.54. The fourth-order valence-electron chi connectivity index (χ4n) is 4.45. The lowest BCUT2D eigenvalue weighted by Crippen LogP contribution is -1.93. The van der Waals surface area contributed by atoms with Gasteiger partial charge in [-0.15, -0.1) is 11.3 Å². The van der Waals surface area contributed by atoms with Gasteiger partial charge in [-0.25, -0.2) is 0 Å². The molecular formula is C28H19NS. The Balaban J connectivity index is 1.65. The summed E-state index contributed by atoms with van der Waals surface area (Å²) < 4.78 is 2.46. The second kappa shape index (κ2) is 6.72. The Bertz CT molecular complexity index is 1530. The number of benzene rings is 5. The van der Waals surface area contributed by atoms with E-state index in [1.54, 1.807) is 11.3 Å². The third-order valence-corrected chi connectivity index (χ3v) is 7.06. The molecule has 0 spiro atoms. The molecule has 0 saturated heterocycles.